The molecule has 0 atom stereocenters. The number of piperazine rings is 1. The standard InChI is InChI=1S/C17H23N5O/c1-21(16-5-3-2-4-6-16)14-15(13-18)17(23)20-9-12-22-10-7-19-8-11-22/h2-6,14,19H,7-12H2,1H3,(H,20,23)/b15-14-. The van der Waals surface area contributed by atoms with Gasteiger partial charge in [-0.1, -0.05) is 18.2 Å². The van der Waals surface area contributed by atoms with Gasteiger partial charge in [0.2, 0.25) is 0 Å². The van der Waals surface area contributed by atoms with Crippen LogP contribution in [0.4, 0.5) is 5.69 Å². The number of carbonyl (C=O) groups excluding carboxylic acids is 1. The van der Waals surface area contributed by atoms with Crippen molar-refractivity contribution in [1.29, 1.82) is 5.26 Å². The second-order valence-corrected chi connectivity index (χ2v) is 5.45. The Balaban J connectivity index is 1.85. The lowest BCUT2D eigenvalue weighted by atomic mass is 10.2. The maximum absolute atomic E-state index is 12.1. The van der Waals surface area contributed by atoms with E-state index in [-0.39, 0.29) is 11.5 Å². The molecule has 1 aliphatic heterocycles. The van der Waals surface area contributed by atoms with Gasteiger partial charge in [0.25, 0.3) is 5.91 Å². The monoisotopic (exact) mass is 313 g/mol. The van der Waals surface area contributed by atoms with E-state index in [0.29, 0.717) is 6.54 Å². The van der Waals surface area contributed by atoms with Gasteiger partial charge in [-0.15, -0.1) is 0 Å². The highest BCUT2D eigenvalue weighted by molar-refractivity contribution is 5.97. The Morgan fingerprint density at radius 3 is 2.74 bits per heavy atom. The highest BCUT2D eigenvalue weighted by atomic mass is 16.1. The van der Waals surface area contributed by atoms with E-state index in [1.165, 1.54) is 0 Å². The van der Waals surface area contributed by atoms with Gasteiger partial charge in [0.1, 0.15) is 11.6 Å². The average molecular weight is 313 g/mol. The van der Waals surface area contributed by atoms with Crippen LogP contribution in [-0.4, -0.2) is 57.1 Å². The van der Waals surface area contributed by atoms with Crippen LogP contribution in [0, 0.1) is 11.3 Å². The van der Waals surface area contributed by atoms with Gasteiger partial charge in [-0.25, -0.2) is 0 Å². The Kier molecular flexibility index (Phi) is 6.60. The molecule has 0 aromatic heterocycles. The van der Waals surface area contributed by atoms with Crippen LogP contribution in [0.2, 0.25) is 0 Å². The number of nitriles is 1. The molecule has 6 nitrogen and oxygen atoms in total. The molecule has 6 heteroatoms. The number of nitrogens with zero attached hydrogens (tertiary/aromatic N) is 3. The fraction of sp³-hybridized carbons (Fsp3) is 0.412. The van der Waals surface area contributed by atoms with E-state index >= 15 is 0 Å². The summed E-state index contributed by atoms with van der Waals surface area (Å²) in [5.41, 5.74) is 1.03. The van der Waals surface area contributed by atoms with Crippen molar-refractivity contribution in [2.45, 2.75) is 0 Å². The number of nitrogens with one attached hydrogen (secondary N) is 2. The van der Waals surface area contributed by atoms with Crippen molar-refractivity contribution in [3.63, 3.8) is 0 Å². The zero-order valence-corrected chi connectivity index (χ0v) is 13.5. The van der Waals surface area contributed by atoms with Gasteiger partial charge in [0, 0.05) is 58.2 Å². The number of para-hydroxylation sites is 1. The minimum atomic E-state index is -0.328. The van der Waals surface area contributed by atoms with E-state index in [1.807, 2.05) is 43.4 Å². The molecule has 2 rings (SSSR count). The summed E-state index contributed by atoms with van der Waals surface area (Å²) >= 11 is 0. The Morgan fingerprint density at radius 1 is 1.39 bits per heavy atom. The van der Waals surface area contributed by atoms with Crippen LogP contribution in [0.25, 0.3) is 0 Å². The summed E-state index contributed by atoms with van der Waals surface area (Å²) < 4.78 is 0. The number of amides is 1. The third kappa shape index (κ3) is 5.40. The lowest BCUT2D eigenvalue weighted by Gasteiger charge is -2.27. The molecular formula is C17H23N5O. The van der Waals surface area contributed by atoms with Crippen molar-refractivity contribution in [2.75, 3.05) is 51.2 Å². The van der Waals surface area contributed by atoms with E-state index in [0.717, 1.165) is 38.4 Å². The minimum Gasteiger partial charge on any atom is -0.350 e. The highest BCUT2D eigenvalue weighted by Crippen LogP contribution is 2.12. The molecule has 122 valence electrons. The Hall–Kier alpha value is -2.36. The van der Waals surface area contributed by atoms with Gasteiger partial charge in [0.15, 0.2) is 0 Å². The molecule has 0 spiro atoms. The molecule has 1 aromatic rings. The van der Waals surface area contributed by atoms with Crippen molar-refractivity contribution in [2.24, 2.45) is 0 Å². The quantitative estimate of drug-likeness (QED) is 0.593. The maximum atomic E-state index is 12.1. The molecule has 1 heterocycles. The van der Waals surface area contributed by atoms with E-state index in [4.69, 9.17) is 0 Å². The first-order valence-corrected chi connectivity index (χ1v) is 7.82. The van der Waals surface area contributed by atoms with Gasteiger partial charge >= 0.3 is 0 Å². The van der Waals surface area contributed by atoms with Crippen LogP contribution in [0.1, 0.15) is 0 Å². The normalized spacial score (nSPS) is 15.7. The molecule has 23 heavy (non-hydrogen) atoms. The zero-order chi connectivity index (χ0) is 16.5. The number of rotatable bonds is 6. The topological polar surface area (TPSA) is 71.4 Å². The summed E-state index contributed by atoms with van der Waals surface area (Å²) in [6.45, 7) is 5.31. The van der Waals surface area contributed by atoms with Crippen LogP contribution < -0.4 is 15.5 Å². The van der Waals surface area contributed by atoms with E-state index < -0.39 is 0 Å². The first-order chi connectivity index (χ1) is 11.2. The van der Waals surface area contributed by atoms with Crippen molar-refractivity contribution in [3.05, 3.63) is 42.1 Å². The van der Waals surface area contributed by atoms with Crippen LogP contribution >= 0.6 is 0 Å². The molecule has 1 saturated heterocycles. The molecule has 0 unspecified atom stereocenters. The third-order valence-electron chi connectivity index (χ3n) is 3.77. The molecule has 0 aliphatic carbocycles. The van der Waals surface area contributed by atoms with Gasteiger partial charge in [-0.05, 0) is 12.1 Å². The van der Waals surface area contributed by atoms with Gasteiger partial charge < -0.3 is 15.5 Å². The molecule has 1 aromatic carbocycles. The van der Waals surface area contributed by atoms with Crippen molar-refractivity contribution >= 4 is 11.6 Å². The lowest BCUT2D eigenvalue weighted by molar-refractivity contribution is -0.117. The number of hydrogen-bond acceptors (Lipinski definition) is 5. The van der Waals surface area contributed by atoms with Crippen LogP contribution in [0.5, 0.6) is 0 Å². The van der Waals surface area contributed by atoms with Crippen LogP contribution in [0.3, 0.4) is 0 Å². The summed E-state index contributed by atoms with van der Waals surface area (Å²) in [7, 11) is 1.82. The molecule has 2 N–H and O–H groups in total. The van der Waals surface area contributed by atoms with Crippen LogP contribution in [0.15, 0.2) is 42.1 Å². The predicted octanol–water partition coefficient (Wildman–Crippen LogP) is 0.552. The Labute approximate surface area is 137 Å². The summed E-state index contributed by atoms with van der Waals surface area (Å²) in [4.78, 5) is 16.2. The number of hydrogen-bond donors (Lipinski definition) is 2. The number of carbonyl (C=O) groups is 1. The molecule has 0 saturated carbocycles. The van der Waals surface area contributed by atoms with Gasteiger partial charge in [0.05, 0.1) is 0 Å². The summed E-state index contributed by atoms with van der Waals surface area (Å²) in [6.07, 6.45) is 1.56. The summed E-state index contributed by atoms with van der Waals surface area (Å²) in [5.74, 6) is -0.328. The van der Waals surface area contributed by atoms with Gasteiger partial charge in [-0.2, -0.15) is 5.26 Å². The van der Waals surface area contributed by atoms with E-state index in [1.54, 1.807) is 11.1 Å². The molecule has 1 amide bonds. The summed E-state index contributed by atoms with van der Waals surface area (Å²) in [6, 6.07) is 11.6. The second-order valence-electron chi connectivity index (χ2n) is 5.45. The average Bonchev–Trinajstić information content (AvgIpc) is 2.61. The lowest BCUT2D eigenvalue weighted by Crippen LogP contribution is -2.46. The van der Waals surface area contributed by atoms with E-state index in [9.17, 15) is 10.1 Å². The largest absolute Gasteiger partial charge is 0.350 e. The SMILES string of the molecule is CN(/C=C(/C#N)C(=O)NCCN1CCNCC1)c1ccccc1. The number of benzene rings is 1. The van der Waals surface area contributed by atoms with E-state index in [2.05, 4.69) is 15.5 Å². The maximum Gasteiger partial charge on any atom is 0.263 e. The number of anilines is 1. The summed E-state index contributed by atoms with van der Waals surface area (Å²) in [5, 5.41) is 15.3. The van der Waals surface area contributed by atoms with Crippen molar-refractivity contribution < 1.29 is 4.79 Å². The molecule has 0 bridgehead atoms. The molecular weight excluding hydrogens is 290 g/mol. The minimum absolute atomic E-state index is 0.108. The molecule has 1 aliphatic rings. The van der Waals surface area contributed by atoms with Crippen LogP contribution in [-0.2, 0) is 4.79 Å². The molecule has 1 fully saturated rings. The zero-order valence-electron chi connectivity index (χ0n) is 13.5. The second kappa shape index (κ2) is 8.93. The smallest absolute Gasteiger partial charge is 0.263 e. The third-order valence-corrected chi connectivity index (χ3v) is 3.77. The fourth-order valence-corrected chi connectivity index (χ4v) is 2.43. The Morgan fingerprint density at radius 2 is 2.09 bits per heavy atom. The first-order valence-electron chi connectivity index (χ1n) is 7.82. The van der Waals surface area contributed by atoms with Crippen molar-refractivity contribution in [1.82, 2.24) is 15.5 Å². The van der Waals surface area contributed by atoms with Crippen molar-refractivity contribution in [3.8, 4) is 6.07 Å². The Bertz CT molecular complexity index is 572. The molecule has 0 radical (unpaired) electrons. The first kappa shape index (κ1) is 17.0. The predicted molar refractivity (Wildman–Crippen MR) is 90.9 cm³/mol. The highest BCUT2D eigenvalue weighted by Gasteiger charge is 2.12. The van der Waals surface area contributed by atoms with Gasteiger partial charge in [-0.3, -0.25) is 9.69 Å². The fourth-order valence-electron chi connectivity index (χ4n) is 2.43.